The minimum atomic E-state index is 0. The highest BCUT2D eigenvalue weighted by Gasteiger charge is 2.17. The van der Waals surface area contributed by atoms with Crippen molar-refractivity contribution in [3.63, 3.8) is 0 Å². The van der Waals surface area contributed by atoms with Gasteiger partial charge in [0, 0.05) is 6.54 Å². The molecule has 2 rings (SSSR count). The van der Waals surface area contributed by atoms with E-state index in [9.17, 15) is 0 Å². The molecule has 0 aromatic heterocycles. The van der Waals surface area contributed by atoms with Gasteiger partial charge in [0.1, 0.15) is 12.4 Å². The number of likely N-dealkylation sites (N-methyl/N-ethyl adjacent to an activating group) is 1. The summed E-state index contributed by atoms with van der Waals surface area (Å²) in [4.78, 5) is 2.16. The first-order valence-corrected chi connectivity index (χ1v) is 9.36. The molecule has 3 heteroatoms. The summed E-state index contributed by atoms with van der Waals surface area (Å²) in [5.74, 6) is 1.99. The van der Waals surface area contributed by atoms with E-state index in [-0.39, 0.29) is 12.4 Å². The fourth-order valence-corrected chi connectivity index (χ4v) is 3.03. The summed E-state index contributed by atoms with van der Waals surface area (Å²) in [7, 11) is 4.16. The van der Waals surface area contributed by atoms with Crippen LogP contribution in [0.25, 0.3) is 0 Å². The largest absolute Gasteiger partial charge is 0.492 e. The van der Waals surface area contributed by atoms with Crippen LogP contribution in [0.2, 0.25) is 0 Å². The van der Waals surface area contributed by atoms with Gasteiger partial charge in [0.05, 0.1) is 0 Å². The molecule has 0 aliphatic rings. The SMILES string of the molecule is CC(C)c1cc(Cc2ccccc2)cc(C(C)C)c1OCCN(C)C.Cl. The van der Waals surface area contributed by atoms with Crippen LogP contribution in [-0.2, 0) is 6.42 Å². The highest BCUT2D eigenvalue weighted by molar-refractivity contribution is 5.85. The Hall–Kier alpha value is -1.51. The van der Waals surface area contributed by atoms with Gasteiger partial charge in [-0.25, -0.2) is 0 Å². The molecule has 0 heterocycles. The molecule has 2 aromatic carbocycles. The van der Waals surface area contributed by atoms with E-state index >= 15 is 0 Å². The molecule has 0 aliphatic carbocycles. The molecule has 0 unspecified atom stereocenters. The average Bonchev–Trinajstić information content (AvgIpc) is 2.55. The summed E-state index contributed by atoms with van der Waals surface area (Å²) in [5.41, 5.74) is 5.39. The Morgan fingerprint density at radius 3 is 1.85 bits per heavy atom. The van der Waals surface area contributed by atoms with Crippen LogP contribution in [0.5, 0.6) is 5.75 Å². The van der Waals surface area contributed by atoms with Gasteiger partial charge in [-0.1, -0.05) is 70.2 Å². The van der Waals surface area contributed by atoms with Crippen molar-refractivity contribution in [2.45, 2.75) is 46.0 Å². The quantitative estimate of drug-likeness (QED) is 0.570. The van der Waals surface area contributed by atoms with Gasteiger partial charge in [0.15, 0.2) is 0 Å². The number of hydrogen-bond acceptors (Lipinski definition) is 2. The number of rotatable bonds is 8. The minimum absolute atomic E-state index is 0. The first-order chi connectivity index (χ1) is 11.9. The lowest BCUT2D eigenvalue weighted by Crippen LogP contribution is -2.20. The third kappa shape index (κ3) is 6.34. The maximum atomic E-state index is 6.27. The van der Waals surface area contributed by atoms with E-state index in [4.69, 9.17) is 4.74 Å². The smallest absolute Gasteiger partial charge is 0.126 e. The van der Waals surface area contributed by atoms with Gasteiger partial charge in [-0.05, 0) is 54.6 Å². The molecule has 0 bridgehead atoms. The van der Waals surface area contributed by atoms with Crippen molar-refractivity contribution in [3.8, 4) is 5.75 Å². The van der Waals surface area contributed by atoms with Crippen LogP contribution in [0.15, 0.2) is 42.5 Å². The molecule has 0 saturated carbocycles. The summed E-state index contributed by atoms with van der Waals surface area (Å²) in [6, 6.07) is 15.4. The Kier molecular flexibility index (Phi) is 9.18. The van der Waals surface area contributed by atoms with Crippen LogP contribution in [0.3, 0.4) is 0 Å². The second-order valence-electron chi connectivity index (χ2n) is 7.73. The van der Waals surface area contributed by atoms with Crippen LogP contribution in [0.1, 0.15) is 61.8 Å². The van der Waals surface area contributed by atoms with E-state index in [1.165, 1.54) is 22.3 Å². The van der Waals surface area contributed by atoms with Gasteiger partial charge in [0.2, 0.25) is 0 Å². The molecule has 0 saturated heterocycles. The van der Waals surface area contributed by atoms with Crippen molar-refractivity contribution in [2.75, 3.05) is 27.2 Å². The van der Waals surface area contributed by atoms with Crippen molar-refractivity contribution < 1.29 is 4.74 Å². The van der Waals surface area contributed by atoms with Gasteiger partial charge in [-0.2, -0.15) is 0 Å². The van der Waals surface area contributed by atoms with E-state index in [0.717, 1.165) is 25.3 Å². The standard InChI is InChI=1S/C23H33NO.ClH/c1-17(2)21-15-20(14-19-10-8-7-9-11-19)16-22(18(3)4)23(21)25-13-12-24(5)6;/h7-11,15-18H,12-14H2,1-6H3;1H. The topological polar surface area (TPSA) is 12.5 Å². The maximum absolute atomic E-state index is 6.27. The van der Waals surface area contributed by atoms with Crippen molar-refractivity contribution in [1.82, 2.24) is 4.90 Å². The Labute approximate surface area is 166 Å². The van der Waals surface area contributed by atoms with Crippen LogP contribution < -0.4 is 4.74 Å². The van der Waals surface area contributed by atoms with Crippen LogP contribution in [0, 0.1) is 0 Å². The van der Waals surface area contributed by atoms with Crippen LogP contribution in [0.4, 0.5) is 0 Å². The maximum Gasteiger partial charge on any atom is 0.126 e. The second kappa shape index (κ2) is 10.6. The molecular weight excluding hydrogens is 342 g/mol. The average molecular weight is 376 g/mol. The van der Waals surface area contributed by atoms with Crippen molar-refractivity contribution in [1.29, 1.82) is 0 Å². The lowest BCUT2D eigenvalue weighted by Gasteiger charge is -2.22. The fourth-order valence-electron chi connectivity index (χ4n) is 3.03. The lowest BCUT2D eigenvalue weighted by molar-refractivity contribution is 0.256. The van der Waals surface area contributed by atoms with E-state index in [0.29, 0.717) is 11.8 Å². The predicted octanol–water partition coefficient (Wildman–Crippen LogP) is 5.89. The minimum Gasteiger partial charge on any atom is -0.492 e. The zero-order chi connectivity index (χ0) is 18.4. The molecule has 26 heavy (non-hydrogen) atoms. The van der Waals surface area contributed by atoms with Gasteiger partial charge in [-0.3, -0.25) is 0 Å². The normalized spacial score (nSPS) is 11.1. The zero-order valence-corrected chi connectivity index (χ0v) is 17.9. The Bertz CT molecular complexity index is 636. The summed E-state index contributed by atoms with van der Waals surface area (Å²) in [5, 5.41) is 0. The second-order valence-corrected chi connectivity index (χ2v) is 7.73. The molecule has 0 amide bonds. The highest BCUT2D eigenvalue weighted by atomic mass is 35.5. The first-order valence-electron chi connectivity index (χ1n) is 9.36. The third-order valence-electron chi connectivity index (χ3n) is 4.49. The third-order valence-corrected chi connectivity index (χ3v) is 4.49. The highest BCUT2D eigenvalue weighted by Crippen LogP contribution is 2.36. The number of ether oxygens (including phenoxy) is 1. The Morgan fingerprint density at radius 2 is 1.38 bits per heavy atom. The van der Waals surface area contributed by atoms with Gasteiger partial charge in [0.25, 0.3) is 0 Å². The Morgan fingerprint density at radius 1 is 0.846 bits per heavy atom. The number of nitrogens with zero attached hydrogens (tertiary/aromatic N) is 1. The van der Waals surface area contributed by atoms with Gasteiger partial charge < -0.3 is 9.64 Å². The molecular formula is C23H34ClNO. The van der Waals surface area contributed by atoms with E-state index in [1.807, 2.05) is 0 Å². The number of benzene rings is 2. The summed E-state index contributed by atoms with van der Waals surface area (Å²) < 4.78 is 6.27. The summed E-state index contributed by atoms with van der Waals surface area (Å²) >= 11 is 0. The van der Waals surface area contributed by atoms with E-state index in [2.05, 4.69) is 89.2 Å². The number of hydrogen-bond donors (Lipinski definition) is 0. The molecule has 144 valence electrons. The predicted molar refractivity (Wildman–Crippen MR) is 115 cm³/mol. The molecule has 0 spiro atoms. The van der Waals surface area contributed by atoms with Crippen molar-refractivity contribution in [3.05, 3.63) is 64.7 Å². The first kappa shape index (κ1) is 22.5. The summed E-state index contributed by atoms with van der Waals surface area (Å²) in [6.07, 6.45) is 0.970. The molecule has 2 nitrogen and oxygen atoms in total. The van der Waals surface area contributed by atoms with Gasteiger partial charge in [-0.15, -0.1) is 12.4 Å². The van der Waals surface area contributed by atoms with Crippen LogP contribution in [-0.4, -0.2) is 32.1 Å². The van der Waals surface area contributed by atoms with E-state index < -0.39 is 0 Å². The Balaban J connectivity index is 0.00000338. The summed E-state index contributed by atoms with van der Waals surface area (Å²) in [6.45, 7) is 10.7. The van der Waals surface area contributed by atoms with Crippen LogP contribution >= 0.6 is 12.4 Å². The molecule has 0 fully saturated rings. The van der Waals surface area contributed by atoms with Gasteiger partial charge >= 0.3 is 0 Å². The molecule has 0 radical (unpaired) electrons. The lowest BCUT2D eigenvalue weighted by atomic mass is 9.89. The number of halogens is 1. The van der Waals surface area contributed by atoms with E-state index in [1.54, 1.807) is 0 Å². The fraction of sp³-hybridized carbons (Fsp3) is 0.478. The van der Waals surface area contributed by atoms with Crippen molar-refractivity contribution >= 4 is 12.4 Å². The molecule has 0 aliphatic heterocycles. The molecule has 2 aromatic rings. The van der Waals surface area contributed by atoms with Crippen molar-refractivity contribution in [2.24, 2.45) is 0 Å². The molecule has 0 atom stereocenters. The monoisotopic (exact) mass is 375 g/mol. The molecule has 0 N–H and O–H groups in total. The zero-order valence-electron chi connectivity index (χ0n) is 17.1.